The van der Waals surface area contributed by atoms with E-state index in [9.17, 15) is 9.59 Å². The zero-order valence-corrected chi connectivity index (χ0v) is 11.4. The maximum absolute atomic E-state index is 12.0. The van der Waals surface area contributed by atoms with E-state index in [0.717, 1.165) is 11.1 Å². The molecule has 5 nitrogen and oxygen atoms in total. The van der Waals surface area contributed by atoms with Crippen LogP contribution in [-0.4, -0.2) is 15.6 Å². The fourth-order valence-electron chi connectivity index (χ4n) is 2.31. The summed E-state index contributed by atoms with van der Waals surface area (Å²) in [5, 5.41) is 8.97. The summed E-state index contributed by atoms with van der Waals surface area (Å²) in [6.07, 6.45) is 0. The van der Waals surface area contributed by atoms with Crippen LogP contribution < -0.4 is 5.76 Å². The van der Waals surface area contributed by atoms with E-state index in [4.69, 9.17) is 9.52 Å². The van der Waals surface area contributed by atoms with Gasteiger partial charge in [0.15, 0.2) is 5.58 Å². The van der Waals surface area contributed by atoms with Crippen molar-refractivity contribution in [3.8, 4) is 0 Å². The summed E-state index contributed by atoms with van der Waals surface area (Å²) in [5.41, 5.74) is 3.08. The van der Waals surface area contributed by atoms with Gasteiger partial charge in [-0.1, -0.05) is 24.3 Å². The third kappa shape index (κ3) is 2.33. The number of rotatable bonds is 3. The van der Waals surface area contributed by atoms with Crippen molar-refractivity contribution in [2.24, 2.45) is 0 Å². The molecule has 0 amide bonds. The third-order valence-corrected chi connectivity index (χ3v) is 3.50. The molecule has 0 aliphatic rings. The van der Waals surface area contributed by atoms with Crippen LogP contribution >= 0.6 is 0 Å². The monoisotopic (exact) mass is 283 g/mol. The molecule has 106 valence electrons. The molecule has 0 radical (unpaired) electrons. The zero-order chi connectivity index (χ0) is 15.0. The summed E-state index contributed by atoms with van der Waals surface area (Å²) in [6.45, 7) is 2.37. The SMILES string of the molecule is Cc1ccccc1Cn1c(=O)oc2cc(C(=O)O)ccc21. The highest BCUT2D eigenvalue weighted by molar-refractivity contribution is 5.91. The lowest BCUT2D eigenvalue weighted by molar-refractivity contribution is 0.0697. The first-order chi connectivity index (χ1) is 10.1. The number of hydrogen-bond donors (Lipinski definition) is 1. The third-order valence-electron chi connectivity index (χ3n) is 3.50. The summed E-state index contributed by atoms with van der Waals surface area (Å²) in [5.74, 6) is -1.54. The first kappa shape index (κ1) is 13.2. The fourth-order valence-corrected chi connectivity index (χ4v) is 2.31. The Bertz CT molecular complexity index is 889. The van der Waals surface area contributed by atoms with Crippen LogP contribution in [0.4, 0.5) is 0 Å². The van der Waals surface area contributed by atoms with E-state index in [1.807, 2.05) is 31.2 Å². The summed E-state index contributed by atoms with van der Waals surface area (Å²) in [7, 11) is 0. The number of hydrogen-bond acceptors (Lipinski definition) is 3. The van der Waals surface area contributed by atoms with Crippen LogP contribution in [0.5, 0.6) is 0 Å². The smallest absolute Gasteiger partial charge is 0.420 e. The molecule has 21 heavy (non-hydrogen) atoms. The number of aryl methyl sites for hydroxylation is 1. The molecular formula is C16H13NO4. The van der Waals surface area contributed by atoms with Crippen molar-refractivity contribution in [1.29, 1.82) is 0 Å². The van der Waals surface area contributed by atoms with Gasteiger partial charge in [0.1, 0.15) is 0 Å². The quantitative estimate of drug-likeness (QED) is 0.802. The van der Waals surface area contributed by atoms with Crippen LogP contribution in [0.3, 0.4) is 0 Å². The summed E-state index contributed by atoms with van der Waals surface area (Å²) in [4.78, 5) is 22.9. The van der Waals surface area contributed by atoms with Crippen LogP contribution in [0, 0.1) is 6.92 Å². The number of carboxylic acid groups (broad SMARTS) is 1. The topological polar surface area (TPSA) is 72.4 Å². The van der Waals surface area contributed by atoms with Crippen LogP contribution in [-0.2, 0) is 6.54 Å². The maximum atomic E-state index is 12.0. The van der Waals surface area contributed by atoms with Gasteiger partial charge in [-0.15, -0.1) is 0 Å². The van der Waals surface area contributed by atoms with E-state index in [0.29, 0.717) is 12.1 Å². The van der Waals surface area contributed by atoms with Crippen molar-refractivity contribution in [2.45, 2.75) is 13.5 Å². The van der Waals surface area contributed by atoms with Gasteiger partial charge in [0, 0.05) is 0 Å². The molecule has 0 saturated carbocycles. The molecule has 0 saturated heterocycles. The minimum atomic E-state index is -1.05. The molecule has 0 aliphatic heterocycles. The van der Waals surface area contributed by atoms with E-state index < -0.39 is 11.7 Å². The van der Waals surface area contributed by atoms with Gasteiger partial charge in [0.25, 0.3) is 0 Å². The Balaban J connectivity index is 2.11. The second-order valence-corrected chi connectivity index (χ2v) is 4.87. The Morgan fingerprint density at radius 1 is 1.24 bits per heavy atom. The summed E-state index contributed by atoms with van der Waals surface area (Å²) >= 11 is 0. The predicted octanol–water partition coefficient (Wildman–Crippen LogP) is 2.65. The molecule has 0 unspecified atom stereocenters. The number of aromatic carboxylic acids is 1. The molecule has 1 N–H and O–H groups in total. The molecule has 3 aromatic rings. The molecule has 1 aromatic heterocycles. The van der Waals surface area contributed by atoms with E-state index in [1.54, 1.807) is 6.07 Å². The lowest BCUT2D eigenvalue weighted by Crippen LogP contribution is -2.15. The Morgan fingerprint density at radius 3 is 2.71 bits per heavy atom. The number of fused-ring (bicyclic) bond motifs is 1. The van der Waals surface area contributed by atoms with Gasteiger partial charge in [0.2, 0.25) is 0 Å². The standard InChI is InChI=1S/C16H13NO4/c1-10-4-2-3-5-12(10)9-17-13-7-6-11(15(18)19)8-14(13)21-16(17)20/h2-8H,9H2,1H3,(H,18,19). The molecule has 3 rings (SSSR count). The van der Waals surface area contributed by atoms with E-state index in [2.05, 4.69) is 0 Å². The van der Waals surface area contributed by atoms with Crippen molar-refractivity contribution in [2.75, 3.05) is 0 Å². The van der Waals surface area contributed by atoms with Crippen molar-refractivity contribution in [3.05, 3.63) is 69.7 Å². The average molecular weight is 283 g/mol. The lowest BCUT2D eigenvalue weighted by atomic mass is 10.1. The van der Waals surface area contributed by atoms with Gasteiger partial charge in [0.05, 0.1) is 17.6 Å². The molecular weight excluding hydrogens is 270 g/mol. The minimum absolute atomic E-state index is 0.0966. The molecule has 0 aliphatic carbocycles. The largest absolute Gasteiger partial charge is 0.478 e. The van der Waals surface area contributed by atoms with Crippen molar-refractivity contribution in [3.63, 3.8) is 0 Å². The van der Waals surface area contributed by atoms with Crippen molar-refractivity contribution in [1.82, 2.24) is 4.57 Å². The number of carbonyl (C=O) groups is 1. The van der Waals surface area contributed by atoms with Crippen LogP contribution in [0.1, 0.15) is 21.5 Å². The average Bonchev–Trinajstić information content (AvgIpc) is 2.76. The molecule has 5 heteroatoms. The first-order valence-corrected chi connectivity index (χ1v) is 6.47. The van der Waals surface area contributed by atoms with Crippen molar-refractivity contribution < 1.29 is 14.3 Å². The maximum Gasteiger partial charge on any atom is 0.420 e. The van der Waals surface area contributed by atoms with Gasteiger partial charge < -0.3 is 9.52 Å². The second kappa shape index (κ2) is 4.94. The van der Waals surface area contributed by atoms with Gasteiger partial charge in [-0.3, -0.25) is 4.57 Å². The highest BCUT2D eigenvalue weighted by Crippen LogP contribution is 2.17. The van der Waals surface area contributed by atoms with E-state index >= 15 is 0 Å². The molecule has 0 spiro atoms. The fraction of sp³-hybridized carbons (Fsp3) is 0.125. The van der Waals surface area contributed by atoms with Gasteiger partial charge in [-0.2, -0.15) is 0 Å². The normalized spacial score (nSPS) is 10.9. The Morgan fingerprint density at radius 2 is 2.00 bits per heavy atom. The number of carboxylic acids is 1. The summed E-state index contributed by atoms with van der Waals surface area (Å²) < 4.78 is 6.65. The Kier molecular flexibility index (Phi) is 3.10. The highest BCUT2D eigenvalue weighted by atomic mass is 16.4. The van der Waals surface area contributed by atoms with E-state index in [1.165, 1.54) is 16.7 Å². The molecule has 2 aromatic carbocycles. The number of aromatic nitrogens is 1. The molecule has 0 bridgehead atoms. The second-order valence-electron chi connectivity index (χ2n) is 4.87. The van der Waals surface area contributed by atoms with Crippen LogP contribution in [0.2, 0.25) is 0 Å². The number of nitrogens with zero attached hydrogens (tertiary/aromatic N) is 1. The molecule has 0 fully saturated rings. The van der Waals surface area contributed by atoms with Gasteiger partial charge in [-0.25, -0.2) is 9.59 Å². The van der Waals surface area contributed by atoms with Crippen molar-refractivity contribution >= 4 is 17.1 Å². The Labute approximate surface area is 120 Å². The highest BCUT2D eigenvalue weighted by Gasteiger charge is 2.13. The van der Waals surface area contributed by atoms with Crippen LogP contribution in [0.25, 0.3) is 11.1 Å². The number of oxazole rings is 1. The van der Waals surface area contributed by atoms with E-state index in [-0.39, 0.29) is 11.1 Å². The molecule has 0 atom stereocenters. The van der Waals surface area contributed by atoms with Crippen LogP contribution in [0.15, 0.2) is 51.7 Å². The first-order valence-electron chi connectivity index (χ1n) is 6.47. The summed E-state index contributed by atoms with van der Waals surface area (Å²) in [6, 6.07) is 12.2. The predicted molar refractivity (Wildman–Crippen MR) is 77.7 cm³/mol. The molecule has 1 heterocycles. The number of benzene rings is 2. The van der Waals surface area contributed by atoms with Gasteiger partial charge >= 0.3 is 11.7 Å². The lowest BCUT2D eigenvalue weighted by Gasteiger charge is -2.06. The van der Waals surface area contributed by atoms with Gasteiger partial charge in [-0.05, 0) is 36.2 Å². The zero-order valence-electron chi connectivity index (χ0n) is 11.4. The Hall–Kier alpha value is -2.82. The minimum Gasteiger partial charge on any atom is -0.478 e.